The van der Waals surface area contributed by atoms with Crippen molar-refractivity contribution in [1.29, 1.82) is 0 Å². The number of rotatable bonds is 9. The molecule has 6 nitrogen and oxygen atoms in total. The van der Waals surface area contributed by atoms with E-state index in [0.717, 1.165) is 75.8 Å². The van der Waals surface area contributed by atoms with Crippen LogP contribution in [0, 0.1) is 17.7 Å². The van der Waals surface area contributed by atoms with E-state index in [0.29, 0.717) is 22.8 Å². The fraction of sp³-hybridized carbons (Fsp3) is 0.424. The van der Waals surface area contributed by atoms with Crippen molar-refractivity contribution in [3.05, 3.63) is 83.8 Å². The molecule has 1 aliphatic carbocycles. The van der Waals surface area contributed by atoms with Gasteiger partial charge in [0.1, 0.15) is 11.6 Å². The summed E-state index contributed by atoms with van der Waals surface area (Å²) < 4.78 is 18.7. The SMILES string of the molecule is COc1cc(C(=O)NC2CCC(CCN3CCC(C(=O)c4ccc(F)cc4)CC3)CC2)ccc1-c1ccccn1. The Balaban J connectivity index is 1.03. The number of nitrogens with zero attached hydrogens (tertiary/aromatic N) is 2. The van der Waals surface area contributed by atoms with Gasteiger partial charge >= 0.3 is 0 Å². The van der Waals surface area contributed by atoms with Gasteiger partial charge in [0, 0.05) is 34.8 Å². The molecule has 1 N–H and O–H groups in total. The first-order valence-electron chi connectivity index (χ1n) is 14.4. The number of likely N-dealkylation sites (tertiary alicyclic amines) is 1. The van der Waals surface area contributed by atoms with Gasteiger partial charge < -0.3 is 15.0 Å². The standard InChI is InChI=1S/C33H38FN3O3/c1-40-31-22-26(9-14-29(31)30-4-2-3-18-35-30)33(39)36-28-12-5-23(6-13-28)15-19-37-20-16-25(17-21-37)32(38)24-7-10-27(34)11-8-24/h2-4,7-11,14,18,22-23,25,28H,5-6,12-13,15-17,19-21H2,1H3,(H,36,39). The second kappa shape index (κ2) is 13.2. The van der Waals surface area contributed by atoms with Gasteiger partial charge in [0.2, 0.25) is 0 Å². The number of carbonyl (C=O) groups excluding carboxylic acids is 2. The first-order chi connectivity index (χ1) is 19.5. The van der Waals surface area contributed by atoms with Crippen molar-refractivity contribution in [2.45, 2.75) is 51.0 Å². The minimum atomic E-state index is -0.310. The summed E-state index contributed by atoms with van der Waals surface area (Å²) in [6.45, 7) is 2.93. The van der Waals surface area contributed by atoms with E-state index < -0.39 is 0 Å². The van der Waals surface area contributed by atoms with Crippen LogP contribution in [0.15, 0.2) is 66.9 Å². The Labute approximate surface area is 236 Å². The van der Waals surface area contributed by atoms with Gasteiger partial charge in [0.25, 0.3) is 5.91 Å². The summed E-state index contributed by atoms with van der Waals surface area (Å²) >= 11 is 0. The van der Waals surface area contributed by atoms with Gasteiger partial charge in [-0.2, -0.15) is 0 Å². The number of halogens is 1. The molecule has 40 heavy (non-hydrogen) atoms. The van der Waals surface area contributed by atoms with Crippen molar-refractivity contribution in [2.24, 2.45) is 11.8 Å². The first kappa shape index (κ1) is 28.0. The molecule has 2 heterocycles. The van der Waals surface area contributed by atoms with Crippen LogP contribution in [0.3, 0.4) is 0 Å². The van der Waals surface area contributed by atoms with Crippen molar-refractivity contribution in [2.75, 3.05) is 26.7 Å². The molecule has 1 amide bonds. The molecule has 0 radical (unpaired) electrons. The van der Waals surface area contributed by atoms with Crippen LogP contribution >= 0.6 is 0 Å². The molecule has 0 atom stereocenters. The molecule has 1 saturated carbocycles. The lowest BCUT2D eigenvalue weighted by Crippen LogP contribution is -2.39. The van der Waals surface area contributed by atoms with Gasteiger partial charge in [-0.25, -0.2) is 4.39 Å². The Morgan fingerprint density at radius 1 is 0.950 bits per heavy atom. The van der Waals surface area contributed by atoms with E-state index >= 15 is 0 Å². The average Bonchev–Trinajstić information content (AvgIpc) is 3.01. The predicted molar refractivity (Wildman–Crippen MR) is 154 cm³/mol. The molecule has 210 valence electrons. The first-order valence-corrected chi connectivity index (χ1v) is 14.4. The van der Waals surface area contributed by atoms with E-state index in [-0.39, 0.29) is 29.5 Å². The van der Waals surface area contributed by atoms with Crippen molar-refractivity contribution in [3.63, 3.8) is 0 Å². The quantitative estimate of drug-likeness (QED) is 0.327. The summed E-state index contributed by atoms with van der Waals surface area (Å²) in [5.74, 6) is 1.11. The average molecular weight is 544 g/mol. The zero-order valence-electron chi connectivity index (χ0n) is 23.2. The van der Waals surface area contributed by atoms with Crippen LogP contribution in [0.4, 0.5) is 4.39 Å². The lowest BCUT2D eigenvalue weighted by Gasteiger charge is -2.34. The number of hydrogen-bond donors (Lipinski definition) is 1. The third kappa shape index (κ3) is 6.94. The highest BCUT2D eigenvalue weighted by atomic mass is 19.1. The summed E-state index contributed by atoms with van der Waals surface area (Å²) in [6.07, 6.45) is 8.85. The minimum Gasteiger partial charge on any atom is -0.496 e. The van der Waals surface area contributed by atoms with E-state index in [9.17, 15) is 14.0 Å². The van der Waals surface area contributed by atoms with Crippen molar-refractivity contribution in [3.8, 4) is 17.0 Å². The molecule has 7 heteroatoms. The van der Waals surface area contributed by atoms with E-state index in [1.54, 1.807) is 31.5 Å². The number of benzene rings is 2. The molecule has 5 rings (SSSR count). The number of nitrogens with one attached hydrogen (secondary N) is 1. The van der Waals surface area contributed by atoms with Crippen molar-refractivity contribution >= 4 is 11.7 Å². The van der Waals surface area contributed by atoms with Gasteiger partial charge in [0.05, 0.1) is 12.8 Å². The van der Waals surface area contributed by atoms with Gasteiger partial charge in [0.15, 0.2) is 5.78 Å². The summed E-state index contributed by atoms with van der Waals surface area (Å²) in [5.41, 5.74) is 2.89. The predicted octanol–water partition coefficient (Wildman–Crippen LogP) is 6.17. The third-order valence-corrected chi connectivity index (χ3v) is 8.53. The van der Waals surface area contributed by atoms with Crippen LogP contribution in [-0.4, -0.2) is 54.4 Å². The molecule has 2 aliphatic rings. The van der Waals surface area contributed by atoms with Gasteiger partial charge in [-0.3, -0.25) is 14.6 Å². The molecule has 3 aromatic rings. The number of ketones is 1. The number of carbonyl (C=O) groups is 2. The maximum atomic E-state index is 13.2. The number of methoxy groups -OCH3 is 1. The highest BCUT2D eigenvalue weighted by molar-refractivity contribution is 5.98. The molecule has 0 spiro atoms. The smallest absolute Gasteiger partial charge is 0.251 e. The number of Topliss-reactive ketones (excluding diaryl/α,β-unsaturated/α-hetero) is 1. The second-order valence-corrected chi connectivity index (χ2v) is 11.1. The fourth-order valence-electron chi connectivity index (χ4n) is 6.06. The van der Waals surface area contributed by atoms with E-state index in [1.165, 1.54) is 12.1 Å². The normalized spacial score (nSPS) is 20.1. The highest BCUT2D eigenvalue weighted by Gasteiger charge is 2.27. The summed E-state index contributed by atoms with van der Waals surface area (Å²) in [7, 11) is 1.61. The fourth-order valence-corrected chi connectivity index (χ4v) is 6.06. The molecule has 1 aromatic heterocycles. The van der Waals surface area contributed by atoms with E-state index in [4.69, 9.17) is 4.74 Å². The Morgan fingerprint density at radius 2 is 1.68 bits per heavy atom. The van der Waals surface area contributed by atoms with Crippen LogP contribution in [0.25, 0.3) is 11.3 Å². The van der Waals surface area contributed by atoms with Crippen molar-refractivity contribution < 1.29 is 18.7 Å². The largest absolute Gasteiger partial charge is 0.496 e. The van der Waals surface area contributed by atoms with E-state index in [1.807, 2.05) is 30.3 Å². The Hall–Kier alpha value is -3.58. The number of piperidine rings is 1. The van der Waals surface area contributed by atoms with Crippen LogP contribution in [0.2, 0.25) is 0 Å². The number of aromatic nitrogens is 1. The Kier molecular flexibility index (Phi) is 9.22. The number of hydrogen-bond acceptors (Lipinski definition) is 5. The van der Waals surface area contributed by atoms with Gasteiger partial charge in [-0.15, -0.1) is 0 Å². The van der Waals surface area contributed by atoms with Crippen LogP contribution in [0.1, 0.15) is 65.7 Å². The second-order valence-electron chi connectivity index (χ2n) is 11.1. The summed E-state index contributed by atoms with van der Waals surface area (Å²) in [6, 6.07) is 17.4. The third-order valence-electron chi connectivity index (χ3n) is 8.53. The molecular weight excluding hydrogens is 505 g/mol. The van der Waals surface area contributed by atoms with Crippen LogP contribution in [-0.2, 0) is 0 Å². The number of pyridine rings is 1. The molecule has 0 unspecified atom stereocenters. The Bertz CT molecular complexity index is 1280. The number of amides is 1. The Morgan fingerprint density at radius 3 is 2.35 bits per heavy atom. The van der Waals surface area contributed by atoms with Crippen LogP contribution in [0.5, 0.6) is 5.75 Å². The zero-order chi connectivity index (χ0) is 27.9. The maximum absolute atomic E-state index is 13.2. The van der Waals surface area contributed by atoms with E-state index in [2.05, 4.69) is 15.2 Å². The zero-order valence-corrected chi connectivity index (χ0v) is 23.2. The van der Waals surface area contributed by atoms with Crippen molar-refractivity contribution in [1.82, 2.24) is 15.2 Å². The molecular formula is C33H38FN3O3. The minimum absolute atomic E-state index is 0.0342. The number of ether oxygens (including phenoxy) is 1. The molecule has 1 aliphatic heterocycles. The highest BCUT2D eigenvalue weighted by Crippen LogP contribution is 2.31. The lowest BCUT2D eigenvalue weighted by atomic mass is 9.83. The van der Waals surface area contributed by atoms with Gasteiger partial charge in [-0.05, 0) is 125 Å². The van der Waals surface area contributed by atoms with Crippen LogP contribution < -0.4 is 10.1 Å². The molecule has 2 fully saturated rings. The molecule has 1 saturated heterocycles. The van der Waals surface area contributed by atoms with Gasteiger partial charge in [-0.1, -0.05) is 6.07 Å². The molecule has 0 bridgehead atoms. The topological polar surface area (TPSA) is 71.5 Å². The molecule has 2 aromatic carbocycles. The summed E-state index contributed by atoms with van der Waals surface area (Å²) in [4.78, 5) is 32.6. The lowest BCUT2D eigenvalue weighted by molar-refractivity contribution is 0.0832. The maximum Gasteiger partial charge on any atom is 0.251 e. The summed E-state index contributed by atoms with van der Waals surface area (Å²) in [5, 5.41) is 3.23. The monoisotopic (exact) mass is 543 g/mol.